The third kappa shape index (κ3) is 4.14. The van der Waals surface area contributed by atoms with E-state index in [0.717, 1.165) is 77.2 Å². The van der Waals surface area contributed by atoms with Gasteiger partial charge in [0, 0.05) is 32.8 Å². The molecule has 0 N–H and O–H groups in total. The predicted octanol–water partition coefficient (Wildman–Crippen LogP) is 11.0. The van der Waals surface area contributed by atoms with Crippen LogP contribution in [0, 0.1) is 22.7 Å². The Bertz CT molecular complexity index is 2750. The number of para-hydroxylation sites is 3. The Labute approximate surface area is 277 Å². The molecule has 0 aliphatic heterocycles. The normalized spacial score (nSPS) is 11.3. The zero-order valence-corrected chi connectivity index (χ0v) is 25.8. The quantitative estimate of drug-likeness (QED) is 0.199. The van der Waals surface area contributed by atoms with Crippen LogP contribution >= 0.6 is 0 Å². The van der Waals surface area contributed by atoms with Crippen LogP contribution in [0.3, 0.4) is 0 Å². The maximum atomic E-state index is 11.0. The van der Waals surface area contributed by atoms with Gasteiger partial charge in [0.2, 0.25) is 0 Å². The fraction of sp³-hybridized carbons (Fsp3) is 0. The molecule has 4 nitrogen and oxygen atoms in total. The summed E-state index contributed by atoms with van der Waals surface area (Å²) >= 11 is 0. The average Bonchev–Trinajstić information content (AvgIpc) is 3.67. The van der Waals surface area contributed by atoms with E-state index in [4.69, 9.17) is 0 Å². The highest BCUT2D eigenvalue weighted by molar-refractivity contribution is 6.11. The number of fused-ring (bicyclic) bond motifs is 6. The van der Waals surface area contributed by atoms with E-state index in [1.54, 1.807) is 0 Å². The maximum absolute atomic E-state index is 11.0. The highest BCUT2D eigenvalue weighted by Crippen LogP contribution is 2.40. The maximum Gasteiger partial charge on any atom is 0.102 e. The molecule has 48 heavy (non-hydrogen) atoms. The van der Waals surface area contributed by atoms with Gasteiger partial charge >= 0.3 is 0 Å². The zero-order valence-electron chi connectivity index (χ0n) is 25.8. The second kappa shape index (κ2) is 10.9. The molecule has 222 valence electrons. The van der Waals surface area contributed by atoms with Crippen molar-refractivity contribution in [1.82, 2.24) is 9.13 Å². The molecule has 0 radical (unpaired) electrons. The summed E-state index contributed by atoms with van der Waals surface area (Å²) in [6, 6.07) is 59.0. The lowest BCUT2D eigenvalue weighted by atomic mass is 9.93. The zero-order chi connectivity index (χ0) is 32.2. The number of hydrogen-bond acceptors (Lipinski definition) is 2. The van der Waals surface area contributed by atoms with Crippen LogP contribution in [-0.4, -0.2) is 9.13 Å². The van der Waals surface area contributed by atoms with Gasteiger partial charge in [-0.05, 0) is 77.4 Å². The summed E-state index contributed by atoms with van der Waals surface area (Å²) in [4.78, 5) is 0. The Kier molecular flexibility index (Phi) is 6.22. The number of rotatable bonds is 4. The van der Waals surface area contributed by atoms with Crippen LogP contribution in [-0.2, 0) is 0 Å². The fourth-order valence-electron chi connectivity index (χ4n) is 7.26. The lowest BCUT2D eigenvalue weighted by Gasteiger charge is -2.17. The van der Waals surface area contributed by atoms with Crippen LogP contribution in [0.25, 0.3) is 77.2 Å². The van der Waals surface area contributed by atoms with E-state index >= 15 is 0 Å². The smallest absolute Gasteiger partial charge is 0.102 e. The third-order valence-electron chi connectivity index (χ3n) is 9.37. The summed E-state index contributed by atoms with van der Waals surface area (Å²) in [6.45, 7) is 0. The molecule has 0 atom stereocenters. The van der Waals surface area contributed by atoms with Gasteiger partial charge < -0.3 is 9.13 Å². The molecule has 0 saturated heterocycles. The van der Waals surface area contributed by atoms with Gasteiger partial charge in [0.05, 0.1) is 45.0 Å². The van der Waals surface area contributed by atoms with Gasteiger partial charge in [0.1, 0.15) is 6.07 Å². The van der Waals surface area contributed by atoms with Crippen molar-refractivity contribution in [3.8, 4) is 45.8 Å². The van der Waals surface area contributed by atoms with E-state index in [0.29, 0.717) is 11.1 Å². The standard InChI is InChI=1S/C44H26N4/c45-27-29-21-22-43-38(23-29)36-17-6-7-18-40(36)47(43)33-14-10-13-31(24-33)37-25-32(30-11-2-1-3-12-30)26-44(39(37)28-46)48-41-19-8-4-15-34(41)35-16-5-9-20-42(35)48/h1-26H. The molecule has 9 rings (SSSR count). The van der Waals surface area contributed by atoms with Crippen LogP contribution < -0.4 is 0 Å². The Balaban J connectivity index is 1.34. The molecule has 0 aliphatic rings. The number of hydrogen-bond donors (Lipinski definition) is 0. The highest BCUT2D eigenvalue weighted by Gasteiger charge is 2.20. The molecule has 0 saturated carbocycles. The van der Waals surface area contributed by atoms with Gasteiger partial charge in [-0.3, -0.25) is 0 Å². The van der Waals surface area contributed by atoms with Crippen LogP contribution in [0.15, 0.2) is 158 Å². The number of benzene rings is 7. The summed E-state index contributed by atoms with van der Waals surface area (Å²) < 4.78 is 4.49. The van der Waals surface area contributed by atoms with E-state index < -0.39 is 0 Å². The van der Waals surface area contributed by atoms with Crippen LogP contribution in [0.5, 0.6) is 0 Å². The first-order chi connectivity index (χ1) is 23.7. The monoisotopic (exact) mass is 610 g/mol. The minimum absolute atomic E-state index is 0.610. The molecule has 2 aromatic heterocycles. The van der Waals surface area contributed by atoms with Crippen LogP contribution in [0.2, 0.25) is 0 Å². The Morgan fingerprint density at radius 3 is 1.65 bits per heavy atom. The Hall–Kier alpha value is -6.88. The van der Waals surface area contributed by atoms with Gasteiger partial charge in [-0.15, -0.1) is 0 Å². The van der Waals surface area contributed by atoms with E-state index in [9.17, 15) is 10.5 Å². The lowest BCUT2D eigenvalue weighted by molar-refractivity contribution is 1.16. The van der Waals surface area contributed by atoms with Crippen molar-refractivity contribution in [1.29, 1.82) is 10.5 Å². The van der Waals surface area contributed by atoms with Gasteiger partial charge in [-0.2, -0.15) is 10.5 Å². The van der Waals surface area contributed by atoms with Gasteiger partial charge in [0.15, 0.2) is 0 Å². The van der Waals surface area contributed by atoms with E-state index in [-0.39, 0.29) is 0 Å². The minimum Gasteiger partial charge on any atom is -0.309 e. The predicted molar refractivity (Wildman–Crippen MR) is 195 cm³/mol. The first-order valence-corrected chi connectivity index (χ1v) is 15.9. The Morgan fingerprint density at radius 1 is 0.396 bits per heavy atom. The Morgan fingerprint density at radius 2 is 0.979 bits per heavy atom. The van der Waals surface area contributed by atoms with Crippen molar-refractivity contribution in [2.75, 3.05) is 0 Å². The van der Waals surface area contributed by atoms with E-state index in [1.165, 1.54) is 0 Å². The summed E-state index contributed by atoms with van der Waals surface area (Å²) in [5, 5.41) is 25.0. The molecular formula is C44H26N4. The summed E-state index contributed by atoms with van der Waals surface area (Å²) in [6.07, 6.45) is 0. The second-order valence-corrected chi connectivity index (χ2v) is 12.0. The van der Waals surface area contributed by atoms with Crippen molar-refractivity contribution in [3.63, 3.8) is 0 Å². The van der Waals surface area contributed by atoms with Gasteiger partial charge in [0.25, 0.3) is 0 Å². The van der Waals surface area contributed by atoms with Crippen LogP contribution in [0.1, 0.15) is 11.1 Å². The van der Waals surface area contributed by atoms with Crippen molar-refractivity contribution in [3.05, 3.63) is 169 Å². The largest absolute Gasteiger partial charge is 0.309 e. The minimum atomic E-state index is 0.610. The lowest BCUT2D eigenvalue weighted by Crippen LogP contribution is -2.01. The molecule has 0 unspecified atom stereocenters. The average molecular weight is 611 g/mol. The van der Waals surface area contributed by atoms with Crippen molar-refractivity contribution >= 4 is 43.6 Å². The highest BCUT2D eigenvalue weighted by atomic mass is 15.0. The van der Waals surface area contributed by atoms with E-state index in [2.05, 4.69) is 130 Å². The van der Waals surface area contributed by atoms with Crippen LogP contribution in [0.4, 0.5) is 0 Å². The number of aromatic nitrogens is 2. The van der Waals surface area contributed by atoms with Crippen molar-refractivity contribution in [2.45, 2.75) is 0 Å². The van der Waals surface area contributed by atoms with Gasteiger partial charge in [-0.25, -0.2) is 0 Å². The summed E-state index contributed by atoms with van der Waals surface area (Å²) in [5.74, 6) is 0. The molecule has 0 amide bonds. The number of nitriles is 2. The SMILES string of the molecule is N#Cc1ccc2c(c1)c1ccccc1n2-c1cccc(-c2cc(-c3ccccc3)cc(-n3c4ccccc4c4ccccc43)c2C#N)c1. The second-order valence-electron chi connectivity index (χ2n) is 12.0. The molecule has 4 heteroatoms. The van der Waals surface area contributed by atoms with E-state index in [1.807, 2.05) is 48.5 Å². The molecule has 9 aromatic rings. The van der Waals surface area contributed by atoms with Gasteiger partial charge in [-0.1, -0.05) is 97.1 Å². The molecule has 0 spiro atoms. The van der Waals surface area contributed by atoms with Crippen molar-refractivity contribution < 1.29 is 0 Å². The molecule has 0 bridgehead atoms. The topological polar surface area (TPSA) is 57.4 Å². The molecule has 7 aromatic carbocycles. The molecule has 0 aliphatic carbocycles. The summed E-state index contributed by atoms with van der Waals surface area (Å²) in [7, 11) is 0. The summed E-state index contributed by atoms with van der Waals surface area (Å²) in [5.41, 5.74) is 11.2. The fourth-order valence-corrected chi connectivity index (χ4v) is 7.26. The molecular weight excluding hydrogens is 585 g/mol. The third-order valence-corrected chi connectivity index (χ3v) is 9.37. The first-order valence-electron chi connectivity index (χ1n) is 15.9. The number of nitrogens with zero attached hydrogens (tertiary/aromatic N) is 4. The first kappa shape index (κ1) is 27.4. The van der Waals surface area contributed by atoms with Crippen molar-refractivity contribution in [2.24, 2.45) is 0 Å². The molecule has 0 fully saturated rings. The molecule has 2 heterocycles.